The Morgan fingerprint density at radius 1 is 0.875 bits per heavy atom. The number of rotatable bonds is 3. The zero-order valence-corrected chi connectivity index (χ0v) is 15.1. The molecule has 0 saturated heterocycles. The van der Waals surface area contributed by atoms with Gasteiger partial charge in [-0.15, -0.1) is 0 Å². The second-order valence-corrected chi connectivity index (χ2v) is 6.93. The lowest BCUT2D eigenvalue weighted by atomic mass is 10.2. The Morgan fingerprint density at radius 2 is 1.58 bits per heavy atom. The number of aromatic nitrogens is 2. The van der Waals surface area contributed by atoms with Gasteiger partial charge in [-0.05, 0) is 35.9 Å². The molecule has 1 aromatic heterocycles. The van der Waals surface area contributed by atoms with E-state index in [0.717, 1.165) is 37.5 Å². The molecule has 3 aromatic carbocycles. The first-order valence-electron chi connectivity index (χ1n) is 7.67. The predicted molar refractivity (Wildman–Crippen MR) is 103 cm³/mol. The van der Waals surface area contributed by atoms with Crippen LogP contribution in [0.3, 0.4) is 0 Å². The third-order valence-corrected chi connectivity index (χ3v) is 4.94. The van der Waals surface area contributed by atoms with Gasteiger partial charge < -0.3 is 4.57 Å². The van der Waals surface area contributed by atoms with Crippen molar-refractivity contribution in [2.75, 3.05) is 0 Å². The van der Waals surface area contributed by atoms with Crippen molar-refractivity contribution in [1.29, 1.82) is 0 Å². The molecule has 0 bridgehead atoms. The maximum Gasteiger partial charge on any atom is 0.141 e. The maximum atomic E-state index is 6.37. The zero-order valence-electron chi connectivity index (χ0n) is 12.8. The Hall–Kier alpha value is -2.10. The third kappa shape index (κ3) is 2.85. The van der Waals surface area contributed by atoms with Crippen molar-refractivity contribution in [2.45, 2.75) is 6.54 Å². The SMILES string of the molecule is Clc1ccccc1Cn1c(-c2ccc(Br)cc2)nc2ccccc21. The second kappa shape index (κ2) is 6.42. The van der Waals surface area contributed by atoms with E-state index in [-0.39, 0.29) is 0 Å². The highest BCUT2D eigenvalue weighted by Crippen LogP contribution is 2.28. The Balaban J connectivity index is 1.90. The fourth-order valence-electron chi connectivity index (χ4n) is 2.85. The van der Waals surface area contributed by atoms with Gasteiger partial charge in [0.1, 0.15) is 5.82 Å². The molecule has 0 aliphatic carbocycles. The van der Waals surface area contributed by atoms with Crippen LogP contribution in [0.15, 0.2) is 77.3 Å². The van der Waals surface area contributed by atoms with Crippen molar-refractivity contribution in [3.8, 4) is 11.4 Å². The molecule has 1 heterocycles. The highest BCUT2D eigenvalue weighted by molar-refractivity contribution is 9.10. The van der Waals surface area contributed by atoms with E-state index >= 15 is 0 Å². The van der Waals surface area contributed by atoms with Crippen LogP contribution < -0.4 is 0 Å². The van der Waals surface area contributed by atoms with Gasteiger partial charge >= 0.3 is 0 Å². The number of hydrogen-bond acceptors (Lipinski definition) is 1. The largest absolute Gasteiger partial charge is 0.319 e. The van der Waals surface area contributed by atoms with Gasteiger partial charge in [-0.3, -0.25) is 0 Å². The number of nitrogens with zero attached hydrogens (tertiary/aromatic N) is 2. The molecule has 4 rings (SSSR count). The number of imidazole rings is 1. The summed E-state index contributed by atoms with van der Waals surface area (Å²) >= 11 is 9.86. The monoisotopic (exact) mass is 396 g/mol. The van der Waals surface area contributed by atoms with Gasteiger partial charge in [-0.1, -0.05) is 70.0 Å². The minimum atomic E-state index is 0.686. The molecule has 24 heavy (non-hydrogen) atoms. The minimum Gasteiger partial charge on any atom is -0.319 e. The van der Waals surface area contributed by atoms with Crippen molar-refractivity contribution in [2.24, 2.45) is 0 Å². The Bertz CT molecular complexity index is 1010. The lowest BCUT2D eigenvalue weighted by Crippen LogP contribution is -2.02. The van der Waals surface area contributed by atoms with Crippen molar-refractivity contribution < 1.29 is 0 Å². The van der Waals surface area contributed by atoms with Crippen molar-refractivity contribution in [3.63, 3.8) is 0 Å². The Morgan fingerprint density at radius 3 is 2.38 bits per heavy atom. The summed E-state index contributed by atoms with van der Waals surface area (Å²) in [6.45, 7) is 0.686. The number of benzene rings is 3. The second-order valence-electron chi connectivity index (χ2n) is 5.61. The smallest absolute Gasteiger partial charge is 0.141 e. The Kier molecular flexibility index (Phi) is 4.13. The molecule has 0 amide bonds. The van der Waals surface area contributed by atoms with Crippen LogP contribution in [0.1, 0.15) is 5.56 Å². The molecule has 0 spiro atoms. The normalized spacial score (nSPS) is 11.1. The summed E-state index contributed by atoms with van der Waals surface area (Å²) in [5.41, 5.74) is 4.26. The van der Waals surface area contributed by atoms with E-state index in [1.807, 2.05) is 48.5 Å². The molecule has 0 aliphatic heterocycles. The van der Waals surface area contributed by atoms with Gasteiger partial charge in [0.05, 0.1) is 17.6 Å². The van der Waals surface area contributed by atoms with E-state index in [1.54, 1.807) is 0 Å². The van der Waals surface area contributed by atoms with E-state index in [2.05, 4.69) is 44.8 Å². The number of hydrogen-bond donors (Lipinski definition) is 0. The summed E-state index contributed by atoms with van der Waals surface area (Å²) in [4.78, 5) is 4.84. The van der Waals surface area contributed by atoms with Crippen LogP contribution in [-0.4, -0.2) is 9.55 Å². The summed E-state index contributed by atoms with van der Waals surface area (Å²) in [6.07, 6.45) is 0. The molecule has 0 radical (unpaired) electrons. The first-order valence-corrected chi connectivity index (χ1v) is 8.84. The highest BCUT2D eigenvalue weighted by atomic mass is 79.9. The van der Waals surface area contributed by atoms with Crippen LogP contribution in [0.4, 0.5) is 0 Å². The van der Waals surface area contributed by atoms with Gasteiger partial charge in [-0.2, -0.15) is 0 Å². The molecule has 0 atom stereocenters. The van der Waals surface area contributed by atoms with Gasteiger partial charge in [0.15, 0.2) is 0 Å². The molecule has 0 saturated carbocycles. The van der Waals surface area contributed by atoms with Crippen molar-refractivity contribution in [3.05, 3.63) is 87.9 Å². The summed E-state index contributed by atoms with van der Waals surface area (Å²) in [7, 11) is 0. The average molecular weight is 398 g/mol. The van der Waals surface area contributed by atoms with Crippen molar-refractivity contribution in [1.82, 2.24) is 9.55 Å². The Labute approximate surface area is 153 Å². The van der Waals surface area contributed by atoms with E-state index in [0.29, 0.717) is 6.54 Å². The zero-order chi connectivity index (χ0) is 16.5. The number of fused-ring (bicyclic) bond motifs is 1. The van der Waals surface area contributed by atoms with E-state index in [1.165, 1.54) is 0 Å². The van der Waals surface area contributed by atoms with Crippen LogP contribution in [-0.2, 0) is 6.54 Å². The summed E-state index contributed by atoms with van der Waals surface area (Å²) in [6, 6.07) is 24.4. The maximum absolute atomic E-state index is 6.37. The number of para-hydroxylation sites is 2. The van der Waals surface area contributed by atoms with Crippen LogP contribution in [0.2, 0.25) is 5.02 Å². The standard InChI is InChI=1S/C20H14BrClN2/c21-16-11-9-14(10-12-16)20-23-18-7-3-4-8-19(18)24(20)13-15-5-1-2-6-17(15)22/h1-12H,13H2. The van der Waals surface area contributed by atoms with E-state index in [4.69, 9.17) is 16.6 Å². The predicted octanol–water partition coefficient (Wildman–Crippen LogP) is 6.17. The van der Waals surface area contributed by atoms with E-state index in [9.17, 15) is 0 Å². The molecule has 0 fully saturated rings. The lowest BCUT2D eigenvalue weighted by Gasteiger charge is -2.11. The average Bonchev–Trinajstić information content (AvgIpc) is 2.96. The van der Waals surface area contributed by atoms with Gasteiger partial charge in [0, 0.05) is 15.1 Å². The molecular weight excluding hydrogens is 384 g/mol. The lowest BCUT2D eigenvalue weighted by molar-refractivity contribution is 0.834. The molecule has 0 N–H and O–H groups in total. The van der Waals surface area contributed by atoms with Gasteiger partial charge in [0.25, 0.3) is 0 Å². The summed E-state index contributed by atoms with van der Waals surface area (Å²) in [5.74, 6) is 0.948. The van der Waals surface area contributed by atoms with Gasteiger partial charge in [0.2, 0.25) is 0 Å². The quantitative estimate of drug-likeness (QED) is 0.404. The summed E-state index contributed by atoms with van der Waals surface area (Å²) < 4.78 is 3.28. The molecular formula is C20H14BrClN2. The third-order valence-electron chi connectivity index (χ3n) is 4.04. The van der Waals surface area contributed by atoms with Crippen LogP contribution in [0.25, 0.3) is 22.4 Å². The fourth-order valence-corrected chi connectivity index (χ4v) is 3.31. The first-order chi connectivity index (χ1) is 11.7. The van der Waals surface area contributed by atoms with Gasteiger partial charge in [-0.25, -0.2) is 4.98 Å². The van der Waals surface area contributed by atoms with Crippen LogP contribution in [0, 0.1) is 0 Å². The highest BCUT2D eigenvalue weighted by Gasteiger charge is 2.13. The summed E-state index contributed by atoms with van der Waals surface area (Å²) in [5, 5.41) is 0.775. The topological polar surface area (TPSA) is 17.8 Å². The van der Waals surface area contributed by atoms with Crippen molar-refractivity contribution >= 4 is 38.6 Å². The molecule has 0 unspecified atom stereocenters. The first kappa shape index (κ1) is 15.4. The molecule has 4 heteroatoms. The molecule has 2 nitrogen and oxygen atoms in total. The van der Waals surface area contributed by atoms with Crippen LogP contribution in [0.5, 0.6) is 0 Å². The minimum absolute atomic E-state index is 0.686. The molecule has 0 aliphatic rings. The van der Waals surface area contributed by atoms with E-state index < -0.39 is 0 Å². The molecule has 118 valence electrons. The van der Waals surface area contributed by atoms with Crippen LogP contribution >= 0.6 is 27.5 Å². The number of halogens is 2. The fraction of sp³-hybridized carbons (Fsp3) is 0.0500. The molecule has 4 aromatic rings.